The van der Waals surface area contributed by atoms with Gasteiger partial charge in [-0.15, -0.1) is 10.2 Å². The lowest BCUT2D eigenvalue weighted by molar-refractivity contribution is 0.330. The Bertz CT molecular complexity index is 378. The summed E-state index contributed by atoms with van der Waals surface area (Å²) in [6.45, 7) is 2.25. The first-order valence-electron chi connectivity index (χ1n) is 6.01. The maximum Gasteiger partial charge on any atom is 0.245 e. The molecule has 2 rings (SSSR count). The monoisotopic (exact) mass is 274 g/mol. The van der Waals surface area contributed by atoms with Crippen LogP contribution in [0.1, 0.15) is 39.0 Å². The molecular formula is C11H16Cl2N4. The molecule has 1 saturated carbocycles. The molecule has 0 unspecified atom stereocenters. The van der Waals surface area contributed by atoms with E-state index in [-0.39, 0.29) is 10.4 Å². The van der Waals surface area contributed by atoms with Gasteiger partial charge in [0.15, 0.2) is 11.0 Å². The van der Waals surface area contributed by atoms with Crippen LogP contribution in [0, 0.1) is 5.92 Å². The predicted molar refractivity (Wildman–Crippen MR) is 69.5 cm³/mol. The lowest BCUT2D eigenvalue weighted by Crippen LogP contribution is -2.26. The number of hydrogen-bond donors (Lipinski definition) is 1. The first-order chi connectivity index (χ1) is 8.19. The Kier molecular flexibility index (Phi) is 4.40. The molecular weight excluding hydrogens is 259 g/mol. The van der Waals surface area contributed by atoms with E-state index in [1.165, 1.54) is 19.3 Å². The van der Waals surface area contributed by atoms with Crippen LogP contribution in [0.5, 0.6) is 0 Å². The van der Waals surface area contributed by atoms with Gasteiger partial charge in [0.05, 0.1) is 0 Å². The lowest BCUT2D eigenvalue weighted by atomic mass is 9.84. The minimum absolute atomic E-state index is 0.124. The molecule has 4 nitrogen and oxygen atoms in total. The van der Waals surface area contributed by atoms with E-state index in [0.717, 1.165) is 18.8 Å². The van der Waals surface area contributed by atoms with Crippen LogP contribution in [0.2, 0.25) is 10.4 Å². The van der Waals surface area contributed by atoms with Gasteiger partial charge in [0, 0.05) is 6.04 Å². The van der Waals surface area contributed by atoms with E-state index < -0.39 is 0 Å². The van der Waals surface area contributed by atoms with Gasteiger partial charge < -0.3 is 5.32 Å². The molecule has 0 bridgehead atoms. The van der Waals surface area contributed by atoms with Crippen LogP contribution in [0.4, 0.5) is 5.82 Å². The summed E-state index contributed by atoms with van der Waals surface area (Å²) in [6, 6.07) is 0.420. The Morgan fingerprint density at radius 3 is 2.53 bits per heavy atom. The molecule has 94 valence electrons. The Morgan fingerprint density at radius 1 is 1.18 bits per heavy atom. The summed E-state index contributed by atoms with van der Waals surface area (Å²) in [4.78, 5) is 4.05. The standard InChI is InChI=1S/C11H16Cl2N4/c1-2-7-3-5-8(6-4-7)14-10-9(12)16-17-11(13)15-10/h7-8H,2-6H2,1H3,(H,14,15,17). The van der Waals surface area contributed by atoms with Crippen LogP contribution in [-0.4, -0.2) is 21.2 Å². The van der Waals surface area contributed by atoms with E-state index in [4.69, 9.17) is 23.2 Å². The van der Waals surface area contributed by atoms with Crippen molar-refractivity contribution in [1.29, 1.82) is 0 Å². The van der Waals surface area contributed by atoms with Gasteiger partial charge in [-0.05, 0) is 43.2 Å². The van der Waals surface area contributed by atoms with Crippen molar-refractivity contribution in [3.63, 3.8) is 0 Å². The Hall–Kier alpha value is -0.610. The summed E-state index contributed by atoms with van der Waals surface area (Å²) in [7, 11) is 0. The second kappa shape index (κ2) is 5.83. The molecule has 1 N–H and O–H groups in total. The van der Waals surface area contributed by atoms with E-state index >= 15 is 0 Å². The first kappa shape index (κ1) is 12.8. The summed E-state index contributed by atoms with van der Waals surface area (Å²) in [5.74, 6) is 1.42. The summed E-state index contributed by atoms with van der Waals surface area (Å²) in [5.41, 5.74) is 0. The second-order valence-electron chi connectivity index (χ2n) is 4.49. The molecule has 1 aliphatic rings. The molecule has 1 fully saturated rings. The SMILES string of the molecule is CCC1CCC(Nc2nc(Cl)nnc2Cl)CC1. The van der Waals surface area contributed by atoms with Crippen LogP contribution >= 0.6 is 23.2 Å². The maximum atomic E-state index is 5.91. The molecule has 0 aliphatic heterocycles. The van der Waals surface area contributed by atoms with E-state index in [9.17, 15) is 0 Å². The van der Waals surface area contributed by atoms with Gasteiger partial charge in [-0.2, -0.15) is 4.98 Å². The molecule has 17 heavy (non-hydrogen) atoms. The van der Waals surface area contributed by atoms with Crippen LogP contribution in [-0.2, 0) is 0 Å². The number of hydrogen-bond acceptors (Lipinski definition) is 4. The average molecular weight is 275 g/mol. The molecule has 0 amide bonds. The molecule has 0 spiro atoms. The number of nitrogens with zero attached hydrogens (tertiary/aromatic N) is 3. The quantitative estimate of drug-likeness (QED) is 0.916. The van der Waals surface area contributed by atoms with Crippen molar-refractivity contribution in [2.24, 2.45) is 5.92 Å². The molecule has 0 aromatic carbocycles. The summed E-state index contributed by atoms with van der Waals surface area (Å²) >= 11 is 11.6. The molecule has 1 heterocycles. The van der Waals surface area contributed by atoms with Crippen molar-refractivity contribution in [2.75, 3.05) is 5.32 Å². The van der Waals surface area contributed by atoms with Crippen molar-refractivity contribution in [2.45, 2.75) is 45.1 Å². The van der Waals surface area contributed by atoms with E-state index in [0.29, 0.717) is 11.9 Å². The third kappa shape index (κ3) is 3.42. The van der Waals surface area contributed by atoms with E-state index in [2.05, 4.69) is 27.4 Å². The first-order valence-corrected chi connectivity index (χ1v) is 6.77. The largest absolute Gasteiger partial charge is 0.365 e. The summed E-state index contributed by atoms with van der Waals surface area (Å²) in [5, 5.41) is 11.0. The van der Waals surface area contributed by atoms with Gasteiger partial charge in [0.25, 0.3) is 0 Å². The number of anilines is 1. The van der Waals surface area contributed by atoms with Crippen LogP contribution in [0.15, 0.2) is 0 Å². The molecule has 0 atom stereocenters. The van der Waals surface area contributed by atoms with Crippen LogP contribution in [0.3, 0.4) is 0 Å². The van der Waals surface area contributed by atoms with Gasteiger partial charge >= 0.3 is 0 Å². The maximum absolute atomic E-state index is 5.91. The molecule has 1 aromatic rings. The molecule has 0 radical (unpaired) electrons. The van der Waals surface area contributed by atoms with Gasteiger partial charge in [0.2, 0.25) is 5.28 Å². The highest BCUT2D eigenvalue weighted by Crippen LogP contribution is 2.29. The average Bonchev–Trinajstić information content (AvgIpc) is 2.35. The minimum Gasteiger partial charge on any atom is -0.365 e. The van der Waals surface area contributed by atoms with Crippen molar-refractivity contribution in [3.8, 4) is 0 Å². The number of nitrogens with one attached hydrogen (secondary N) is 1. The Labute approximate surface area is 111 Å². The smallest absolute Gasteiger partial charge is 0.245 e. The van der Waals surface area contributed by atoms with Gasteiger partial charge in [0.1, 0.15) is 0 Å². The van der Waals surface area contributed by atoms with Crippen molar-refractivity contribution < 1.29 is 0 Å². The van der Waals surface area contributed by atoms with Crippen molar-refractivity contribution in [1.82, 2.24) is 15.2 Å². The fourth-order valence-electron chi connectivity index (χ4n) is 2.29. The topological polar surface area (TPSA) is 50.7 Å². The third-order valence-electron chi connectivity index (χ3n) is 3.38. The van der Waals surface area contributed by atoms with Gasteiger partial charge in [-0.1, -0.05) is 24.9 Å². The molecule has 0 saturated heterocycles. The molecule has 1 aromatic heterocycles. The predicted octanol–water partition coefficient (Wildman–Crippen LogP) is 3.56. The third-order valence-corrected chi connectivity index (χ3v) is 3.80. The highest BCUT2D eigenvalue weighted by atomic mass is 35.5. The van der Waals surface area contributed by atoms with Crippen molar-refractivity contribution in [3.05, 3.63) is 10.4 Å². The number of halogens is 2. The second-order valence-corrected chi connectivity index (χ2v) is 5.19. The fraction of sp³-hybridized carbons (Fsp3) is 0.727. The van der Waals surface area contributed by atoms with Gasteiger partial charge in [-0.25, -0.2) is 0 Å². The van der Waals surface area contributed by atoms with E-state index in [1.54, 1.807) is 0 Å². The lowest BCUT2D eigenvalue weighted by Gasteiger charge is -2.28. The summed E-state index contributed by atoms with van der Waals surface area (Å²) in [6.07, 6.45) is 6.09. The highest BCUT2D eigenvalue weighted by molar-refractivity contribution is 6.32. The Morgan fingerprint density at radius 2 is 1.88 bits per heavy atom. The molecule has 6 heteroatoms. The van der Waals surface area contributed by atoms with E-state index in [1.807, 2.05) is 0 Å². The normalized spacial score (nSPS) is 24.6. The molecule has 1 aliphatic carbocycles. The number of aromatic nitrogens is 3. The zero-order valence-electron chi connectivity index (χ0n) is 9.79. The Balaban J connectivity index is 1.95. The van der Waals surface area contributed by atoms with Gasteiger partial charge in [-0.3, -0.25) is 0 Å². The highest BCUT2D eigenvalue weighted by Gasteiger charge is 2.21. The number of rotatable bonds is 3. The van der Waals surface area contributed by atoms with Crippen LogP contribution < -0.4 is 5.32 Å². The zero-order valence-corrected chi connectivity index (χ0v) is 11.3. The van der Waals surface area contributed by atoms with Crippen LogP contribution in [0.25, 0.3) is 0 Å². The van der Waals surface area contributed by atoms with Crippen molar-refractivity contribution >= 4 is 29.0 Å². The summed E-state index contributed by atoms with van der Waals surface area (Å²) < 4.78 is 0. The minimum atomic E-state index is 0.124. The zero-order chi connectivity index (χ0) is 12.3. The fourth-order valence-corrected chi connectivity index (χ4v) is 2.55.